The molecular formula is C11H13BrO4. The van der Waals surface area contributed by atoms with Gasteiger partial charge < -0.3 is 14.6 Å². The van der Waals surface area contributed by atoms with Crippen molar-refractivity contribution in [3.05, 3.63) is 28.2 Å². The van der Waals surface area contributed by atoms with Crippen LogP contribution in [0.3, 0.4) is 0 Å². The van der Waals surface area contributed by atoms with E-state index in [-0.39, 0.29) is 6.42 Å². The molecule has 0 aliphatic rings. The van der Waals surface area contributed by atoms with Crippen molar-refractivity contribution in [3.8, 4) is 5.75 Å². The van der Waals surface area contributed by atoms with E-state index in [1.165, 1.54) is 7.11 Å². The van der Waals surface area contributed by atoms with Crippen LogP contribution in [0.5, 0.6) is 5.75 Å². The molecule has 0 saturated heterocycles. The van der Waals surface area contributed by atoms with Gasteiger partial charge in [0.05, 0.1) is 31.2 Å². The maximum atomic E-state index is 11.0. The fraction of sp³-hybridized carbons (Fsp3) is 0.364. The van der Waals surface area contributed by atoms with E-state index in [1.807, 2.05) is 0 Å². The first-order valence-corrected chi connectivity index (χ1v) is 5.46. The standard InChI is InChI=1S/C11H13BrO4/c1-15-10-4-3-7(5-8(10)12)9(13)6-11(14)16-2/h3-5,9,13H,6H2,1-2H3/t9-/m0/s1. The minimum atomic E-state index is -0.866. The van der Waals surface area contributed by atoms with Crippen molar-refractivity contribution in [2.45, 2.75) is 12.5 Å². The van der Waals surface area contributed by atoms with E-state index < -0.39 is 12.1 Å². The van der Waals surface area contributed by atoms with Crippen molar-refractivity contribution < 1.29 is 19.4 Å². The summed E-state index contributed by atoms with van der Waals surface area (Å²) in [7, 11) is 2.85. The highest BCUT2D eigenvalue weighted by Crippen LogP contribution is 2.29. The summed E-state index contributed by atoms with van der Waals surface area (Å²) >= 11 is 3.31. The quantitative estimate of drug-likeness (QED) is 0.862. The van der Waals surface area contributed by atoms with E-state index >= 15 is 0 Å². The van der Waals surface area contributed by atoms with Crippen LogP contribution in [-0.2, 0) is 9.53 Å². The Bertz CT molecular complexity index is 378. The van der Waals surface area contributed by atoms with Crippen LogP contribution in [0, 0.1) is 0 Å². The molecule has 0 aromatic heterocycles. The average molecular weight is 289 g/mol. The molecule has 0 spiro atoms. The number of aliphatic hydroxyl groups is 1. The predicted octanol–water partition coefficient (Wildman–Crippen LogP) is 2.05. The lowest BCUT2D eigenvalue weighted by molar-refractivity contribution is -0.142. The number of benzene rings is 1. The molecule has 0 amide bonds. The highest BCUT2D eigenvalue weighted by atomic mass is 79.9. The predicted molar refractivity (Wildman–Crippen MR) is 62.3 cm³/mol. The van der Waals surface area contributed by atoms with Crippen molar-refractivity contribution in [1.29, 1.82) is 0 Å². The lowest BCUT2D eigenvalue weighted by Crippen LogP contribution is -2.08. The third-order valence-electron chi connectivity index (χ3n) is 2.15. The number of ether oxygens (including phenoxy) is 2. The van der Waals surface area contributed by atoms with Crippen LogP contribution >= 0.6 is 15.9 Å². The molecule has 0 heterocycles. The minimum Gasteiger partial charge on any atom is -0.496 e. The highest BCUT2D eigenvalue weighted by Gasteiger charge is 2.14. The number of methoxy groups -OCH3 is 2. The SMILES string of the molecule is COC(=O)C[C@H](O)c1ccc(OC)c(Br)c1. The lowest BCUT2D eigenvalue weighted by atomic mass is 10.1. The molecule has 16 heavy (non-hydrogen) atoms. The molecule has 0 aliphatic heterocycles. The van der Waals surface area contributed by atoms with Gasteiger partial charge in [-0.15, -0.1) is 0 Å². The van der Waals surface area contributed by atoms with Crippen molar-refractivity contribution in [1.82, 2.24) is 0 Å². The Hall–Kier alpha value is -1.07. The van der Waals surface area contributed by atoms with Gasteiger partial charge in [-0.05, 0) is 33.6 Å². The second-order valence-corrected chi connectivity index (χ2v) is 4.04. The molecule has 0 fully saturated rings. The average Bonchev–Trinajstić information content (AvgIpc) is 2.28. The largest absolute Gasteiger partial charge is 0.496 e. The van der Waals surface area contributed by atoms with E-state index in [0.717, 1.165) is 4.47 Å². The maximum Gasteiger partial charge on any atom is 0.308 e. The fourth-order valence-corrected chi connectivity index (χ4v) is 1.81. The third-order valence-corrected chi connectivity index (χ3v) is 2.77. The normalized spacial score (nSPS) is 12.0. The van der Waals surface area contributed by atoms with E-state index in [4.69, 9.17) is 4.74 Å². The molecule has 1 rings (SSSR count). The molecule has 5 heteroatoms. The Labute approximate surface area is 102 Å². The summed E-state index contributed by atoms with van der Waals surface area (Å²) < 4.78 is 10.3. The molecule has 0 saturated carbocycles. The first-order valence-electron chi connectivity index (χ1n) is 4.66. The number of carbonyl (C=O) groups excluding carboxylic acids is 1. The fourth-order valence-electron chi connectivity index (χ4n) is 1.25. The van der Waals surface area contributed by atoms with Crippen LogP contribution < -0.4 is 4.74 Å². The Morgan fingerprint density at radius 3 is 2.69 bits per heavy atom. The van der Waals surface area contributed by atoms with Crippen molar-refractivity contribution in [3.63, 3.8) is 0 Å². The molecule has 0 bridgehead atoms. The van der Waals surface area contributed by atoms with Gasteiger partial charge in [0.1, 0.15) is 5.75 Å². The van der Waals surface area contributed by atoms with Crippen LogP contribution in [0.2, 0.25) is 0 Å². The molecule has 0 radical (unpaired) electrons. The summed E-state index contributed by atoms with van der Waals surface area (Å²) in [4.78, 5) is 11.0. The third kappa shape index (κ3) is 3.21. The number of aliphatic hydroxyl groups excluding tert-OH is 1. The number of rotatable bonds is 4. The Balaban J connectivity index is 2.80. The number of halogens is 1. The molecule has 1 atom stereocenters. The van der Waals surface area contributed by atoms with Gasteiger partial charge in [-0.3, -0.25) is 4.79 Å². The molecule has 4 nitrogen and oxygen atoms in total. The zero-order valence-corrected chi connectivity index (χ0v) is 10.7. The van der Waals surface area contributed by atoms with Gasteiger partial charge in [0.2, 0.25) is 0 Å². The summed E-state index contributed by atoms with van der Waals surface area (Å²) in [5, 5.41) is 9.75. The van der Waals surface area contributed by atoms with Gasteiger partial charge in [0.15, 0.2) is 0 Å². The summed E-state index contributed by atoms with van der Waals surface area (Å²) in [5.74, 6) is 0.230. The van der Waals surface area contributed by atoms with Crippen molar-refractivity contribution in [2.24, 2.45) is 0 Å². The van der Waals surface area contributed by atoms with Gasteiger partial charge in [-0.25, -0.2) is 0 Å². The maximum absolute atomic E-state index is 11.0. The van der Waals surface area contributed by atoms with E-state index in [9.17, 15) is 9.90 Å². The summed E-state index contributed by atoms with van der Waals surface area (Å²) in [6, 6.07) is 5.14. The minimum absolute atomic E-state index is 0.0602. The number of hydrogen-bond donors (Lipinski definition) is 1. The number of hydrogen-bond acceptors (Lipinski definition) is 4. The van der Waals surface area contributed by atoms with Crippen LogP contribution in [0.1, 0.15) is 18.1 Å². The van der Waals surface area contributed by atoms with Gasteiger partial charge in [-0.1, -0.05) is 6.07 Å². The van der Waals surface area contributed by atoms with Gasteiger partial charge in [0.25, 0.3) is 0 Å². The zero-order chi connectivity index (χ0) is 12.1. The van der Waals surface area contributed by atoms with Gasteiger partial charge >= 0.3 is 5.97 Å². The van der Waals surface area contributed by atoms with E-state index in [1.54, 1.807) is 25.3 Å². The van der Waals surface area contributed by atoms with Crippen LogP contribution in [0.25, 0.3) is 0 Å². The summed E-state index contributed by atoms with van der Waals surface area (Å²) in [6.07, 6.45) is -0.926. The Kier molecular flexibility index (Phi) is 4.76. The molecule has 0 unspecified atom stereocenters. The Morgan fingerprint density at radius 2 is 2.19 bits per heavy atom. The second-order valence-electron chi connectivity index (χ2n) is 3.19. The zero-order valence-electron chi connectivity index (χ0n) is 9.07. The van der Waals surface area contributed by atoms with Crippen molar-refractivity contribution in [2.75, 3.05) is 14.2 Å². The Morgan fingerprint density at radius 1 is 1.50 bits per heavy atom. The topological polar surface area (TPSA) is 55.8 Å². The highest BCUT2D eigenvalue weighted by molar-refractivity contribution is 9.10. The van der Waals surface area contributed by atoms with Crippen molar-refractivity contribution >= 4 is 21.9 Å². The van der Waals surface area contributed by atoms with Crippen LogP contribution in [0.4, 0.5) is 0 Å². The molecule has 88 valence electrons. The summed E-state index contributed by atoms with van der Waals surface area (Å²) in [5.41, 5.74) is 0.637. The first kappa shape index (κ1) is 13.0. The monoisotopic (exact) mass is 288 g/mol. The lowest BCUT2D eigenvalue weighted by Gasteiger charge is -2.11. The second kappa shape index (κ2) is 5.86. The van der Waals surface area contributed by atoms with Gasteiger partial charge in [0, 0.05) is 0 Å². The first-order chi connectivity index (χ1) is 7.58. The molecule has 1 N–H and O–H groups in total. The van der Waals surface area contributed by atoms with Gasteiger partial charge in [-0.2, -0.15) is 0 Å². The van der Waals surface area contributed by atoms with E-state index in [0.29, 0.717) is 11.3 Å². The van der Waals surface area contributed by atoms with E-state index in [2.05, 4.69) is 20.7 Å². The van der Waals surface area contributed by atoms with Crippen LogP contribution in [0.15, 0.2) is 22.7 Å². The summed E-state index contributed by atoms with van der Waals surface area (Å²) in [6.45, 7) is 0. The number of esters is 1. The molecular weight excluding hydrogens is 276 g/mol. The molecule has 1 aromatic carbocycles. The smallest absolute Gasteiger partial charge is 0.308 e. The van der Waals surface area contributed by atoms with Crippen LogP contribution in [-0.4, -0.2) is 25.3 Å². The molecule has 1 aromatic rings. The molecule has 0 aliphatic carbocycles. The number of carbonyl (C=O) groups is 1.